The molecule has 1 aromatic rings. The van der Waals surface area contributed by atoms with E-state index in [1.165, 1.54) is 12.8 Å². The lowest BCUT2D eigenvalue weighted by atomic mass is 10.0. The van der Waals surface area contributed by atoms with Crippen LogP contribution in [0.15, 0.2) is 6.20 Å². The van der Waals surface area contributed by atoms with Gasteiger partial charge >= 0.3 is 0 Å². The molecule has 2 atom stereocenters. The van der Waals surface area contributed by atoms with Crippen molar-refractivity contribution < 1.29 is 0 Å². The number of nitrogens with zero attached hydrogens (tertiary/aromatic N) is 2. The van der Waals surface area contributed by atoms with E-state index in [2.05, 4.69) is 48.8 Å². The fourth-order valence-electron chi connectivity index (χ4n) is 1.95. The molecule has 0 spiro atoms. The molecule has 0 aliphatic heterocycles. The smallest absolute Gasteiger partial charge is 0.203 e. The molecular weight excluding hydrogens is 198 g/mol. The summed E-state index contributed by atoms with van der Waals surface area (Å²) < 4.78 is 2.17. The molecule has 2 unspecified atom stereocenters. The molecule has 0 saturated heterocycles. The topological polar surface area (TPSA) is 29.9 Å². The van der Waals surface area contributed by atoms with E-state index in [-0.39, 0.29) is 0 Å². The van der Waals surface area contributed by atoms with Crippen LogP contribution in [-0.4, -0.2) is 15.6 Å². The van der Waals surface area contributed by atoms with Gasteiger partial charge in [0.1, 0.15) is 0 Å². The fourth-order valence-corrected chi connectivity index (χ4v) is 1.95. The zero-order valence-corrected chi connectivity index (χ0v) is 11.2. The normalized spacial score (nSPS) is 14.8. The molecule has 3 nitrogen and oxygen atoms in total. The number of hydrogen-bond acceptors (Lipinski definition) is 2. The molecule has 1 N–H and O–H groups in total. The lowest BCUT2D eigenvalue weighted by Gasteiger charge is -2.18. The first-order valence-electron chi connectivity index (χ1n) is 6.37. The Morgan fingerprint density at radius 1 is 1.38 bits per heavy atom. The summed E-state index contributed by atoms with van der Waals surface area (Å²) in [6.07, 6.45) is 4.54. The van der Waals surface area contributed by atoms with Crippen molar-refractivity contribution in [2.24, 2.45) is 5.92 Å². The van der Waals surface area contributed by atoms with Gasteiger partial charge in [-0.25, -0.2) is 4.98 Å². The second-order valence-corrected chi connectivity index (χ2v) is 4.79. The minimum Gasteiger partial charge on any atom is -0.353 e. The van der Waals surface area contributed by atoms with Gasteiger partial charge in [0.25, 0.3) is 0 Å². The van der Waals surface area contributed by atoms with E-state index >= 15 is 0 Å². The molecule has 0 aliphatic carbocycles. The van der Waals surface area contributed by atoms with Crippen LogP contribution in [0.4, 0.5) is 5.95 Å². The molecule has 0 aromatic carbocycles. The van der Waals surface area contributed by atoms with Crippen LogP contribution in [0.3, 0.4) is 0 Å². The van der Waals surface area contributed by atoms with Crippen molar-refractivity contribution in [2.75, 3.05) is 5.32 Å². The monoisotopic (exact) mass is 223 g/mol. The molecule has 0 fully saturated rings. The molecule has 0 radical (unpaired) electrons. The first kappa shape index (κ1) is 13.1. The van der Waals surface area contributed by atoms with Crippen molar-refractivity contribution in [3.05, 3.63) is 11.9 Å². The molecule has 0 aliphatic rings. The van der Waals surface area contributed by atoms with Gasteiger partial charge in [-0.3, -0.25) is 0 Å². The van der Waals surface area contributed by atoms with Crippen molar-refractivity contribution >= 4 is 5.95 Å². The Labute approximate surface area is 99.3 Å². The zero-order chi connectivity index (χ0) is 12.1. The third-order valence-corrected chi connectivity index (χ3v) is 3.07. The SMILES string of the molecule is CCC(C)CC(C)Nc1nc(C)cn1CC. The Kier molecular flexibility index (Phi) is 4.84. The van der Waals surface area contributed by atoms with E-state index in [1.807, 2.05) is 6.92 Å². The van der Waals surface area contributed by atoms with Crippen molar-refractivity contribution in [2.45, 2.75) is 60.0 Å². The average Bonchev–Trinajstić information content (AvgIpc) is 2.58. The van der Waals surface area contributed by atoms with Gasteiger partial charge in [-0.05, 0) is 33.1 Å². The number of aryl methyl sites for hydroxylation is 2. The highest BCUT2D eigenvalue weighted by Crippen LogP contribution is 2.15. The van der Waals surface area contributed by atoms with Gasteiger partial charge in [0.05, 0.1) is 5.69 Å². The standard InChI is InChI=1S/C13H25N3/c1-6-10(3)8-11(4)14-13-15-12(5)9-16(13)7-2/h9-11H,6-8H2,1-5H3,(H,14,15). The molecule has 1 rings (SSSR count). The van der Waals surface area contributed by atoms with Crippen LogP contribution in [0, 0.1) is 12.8 Å². The molecule has 1 heterocycles. The molecular formula is C13H25N3. The van der Waals surface area contributed by atoms with Crippen LogP contribution < -0.4 is 5.32 Å². The number of aromatic nitrogens is 2. The Balaban J connectivity index is 2.58. The van der Waals surface area contributed by atoms with Crippen LogP contribution in [0.25, 0.3) is 0 Å². The van der Waals surface area contributed by atoms with Gasteiger partial charge in [0, 0.05) is 18.8 Å². The summed E-state index contributed by atoms with van der Waals surface area (Å²) in [5.41, 5.74) is 1.08. The highest BCUT2D eigenvalue weighted by atomic mass is 15.2. The summed E-state index contributed by atoms with van der Waals surface area (Å²) in [5.74, 6) is 1.78. The third kappa shape index (κ3) is 3.54. The van der Waals surface area contributed by atoms with E-state index < -0.39 is 0 Å². The maximum atomic E-state index is 4.51. The summed E-state index contributed by atoms with van der Waals surface area (Å²) in [6.45, 7) is 11.9. The minimum absolute atomic E-state index is 0.488. The largest absolute Gasteiger partial charge is 0.353 e. The number of rotatable bonds is 6. The second kappa shape index (κ2) is 5.92. The summed E-state index contributed by atoms with van der Waals surface area (Å²) in [4.78, 5) is 4.51. The quantitative estimate of drug-likeness (QED) is 0.800. The Hall–Kier alpha value is -0.990. The van der Waals surface area contributed by atoms with E-state index in [0.29, 0.717) is 6.04 Å². The van der Waals surface area contributed by atoms with E-state index in [9.17, 15) is 0 Å². The molecule has 1 aromatic heterocycles. The van der Waals surface area contributed by atoms with E-state index in [4.69, 9.17) is 0 Å². The van der Waals surface area contributed by atoms with Gasteiger partial charge in [-0.15, -0.1) is 0 Å². The Bertz CT molecular complexity index is 317. The highest BCUT2D eigenvalue weighted by Gasteiger charge is 2.10. The predicted molar refractivity (Wildman–Crippen MR) is 69.8 cm³/mol. The molecule has 0 bridgehead atoms. The Morgan fingerprint density at radius 2 is 2.06 bits per heavy atom. The van der Waals surface area contributed by atoms with Crippen LogP contribution in [0.1, 0.15) is 46.2 Å². The summed E-state index contributed by atoms with van der Waals surface area (Å²) in [5, 5.41) is 3.50. The molecule has 0 saturated carbocycles. The van der Waals surface area contributed by atoms with Gasteiger partial charge in [-0.2, -0.15) is 0 Å². The molecule has 0 amide bonds. The lowest BCUT2D eigenvalue weighted by Crippen LogP contribution is -2.20. The summed E-state index contributed by atoms with van der Waals surface area (Å²) in [6, 6.07) is 0.488. The number of imidazole rings is 1. The first-order chi connectivity index (χ1) is 7.56. The van der Waals surface area contributed by atoms with E-state index in [0.717, 1.165) is 24.1 Å². The summed E-state index contributed by atoms with van der Waals surface area (Å²) in [7, 11) is 0. The van der Waals surface area contributed by atoms with Gasteiger partial charge in [0.15, 0.2) is 0 Å². The van der Waals surface area contributed by atoms with Crippen molar-refractivity contribution in [1.29, 1.82) is 0 Å². The number of hydrogen-bond donors (Lipinski definition) is 1. The minimum atomic E-state index is 0.488. The fraction of sp³-hybridized carbons (Fsp3) is 0.769. The molecule has 92 valence electrons. The lowest BCUT2D eigenvalue weighted by molar-refractivity contribution is 0.481. The van der Waals surface area contributed by atoms with Crippen LogP contribution in [0.5, 0.6) is 0 Å². The number of anilines is 1. The van der Waals surface area contributed by atoms with Crippen LogP contribution >= 0.6 is 0 Å². The van der Waals surface area contributed by atoms with Crippen LogP contribution in [-0.2, 0) is 6.54 Å². The second-order valence-electron chi connectivity index (χ2n) is 4.79. The third-order valence-electron chi connectivity index (χ3n) is 3.07. The zero-order valence-electron chi connectivity index (χ0n) is 11.2. The Morgan fingerprint density at radius 3 is 2.62 bits per heavy atom. The van der Waals surface area contributed by atoms with Crippen LogP contribution in [0.2, 0.25) is 0 Å². The number of nitrogens with one attached hydrogen (secondary N) is 1. The maximum absolute atomic E-state index is 4.51. The maximum Gasteiger partial charge on any atom is 0.203 e. The first-order valence-corrected chi connectivity index (χ1v) is 6.37. The summed E-state index contributed by atoms with van der Waals surface area (Å²) >= 11 is 0. The van der Waals surface area contributed by atoms with Crippen molar-refractivity contribution in [3.63, 3.8) is 0 Å². The van der Waals surface area contributed by atoms with Crippen molar-refractivity contribution in [1.82, 2.24) is 9.55 Å². The van der Waals surface area contributed by atoms with Gasteiger partial charge in [-0.1, -0.05) is 20.3 Å². The van der Waals surface area contributed by atoms with Gasteiger partial charge < -0.3 is 9.88 Å². The van der Waals surface area contributed by atoms with E-state index in [1.54, 1.807) is 0 Å². The predicted octanol–water partition coefficient (Wildman–Crippen LogP) is 3.45. The van der Waals surface area contributed by atoms with Gasteiger partial charge in [0.2, 0.25) is 5.95 Å². The molecule has 3 heteroatoms. The average molecular weight is 223 g/mol. The molecule has 16 heavy (non-hydrogen) atoms. The highest BCUT2D eigenvalue weighted by molar-refractivity contribution is 5.29. The van der Waals surface area contributed by atoms with Crippen molar-refractivity contribution in [3.8, 4) is 0 Å².